The summed E-state index contributed by atoms with van der Waals surface area (Å²) in [5.74, 6) is -0.0703. The highest BCUT2D eigenvalue weighted by molar-refractivity contribution is 5.90. The summed E-state index contributed by atoms with van der Waals surface area (Å²) >= 11 is 0. The Hall–Kier alpha value is -4.34. The van der Waals surface area contributed by atoms with Crippen LogP contribution in [0.3, 0.4) is 0 Å². The molecule has 1 aromatic heterocycles. The zero-order valence-electron chi connectivity index (χ0n) is 15.2. The smallest absolute Gasteiger partial charge is 0.339 e. The summed E-state index contributed by atoms with van der Waals surface area (Å²) in [5.41, 5.74) is 1.03. The van der Waals surface area contributed by atoms with Crippen molar-refractivity contribution in [2.45, 2.75) is 0 Å². The Labute approximate surface area is 164 Å². The fourth-order valence-corrected chi connectivity index (χ4v) is 2.46. The number of hydrazone groups is 1. The van der Waals surface area contributed by atoms with Gasteiger partial charge < -0.3 is 15.2 Å². The number of urea groups is 1. The molecule has 0 fully saturated rings. The summed E-state index contributed by atoms with van der Waals surface area (Å²) in [6.07, 6.45) is 0.943. The Morgan fingerprint density at radius 3 is 2.48 bits per heavy atom. The van der Waals surface area contributed by atoms with Gasteiger partial charge in [0, 0.05) is 5.69 Å². The zero-order valence-corrected chi connectivity index (χ0v) is 15.2. The van der Waals surface area contributed by atoms with E-state index in [1.807, 2.05) is 0 Å². The standard InChI is InChI=1S/C19H17N5O5/c1-29-14-9-7-13(8-10-14)24-17(26)15(16(25)22-19(24)28)11-20-23-18(27)21-12-5-3-2-4-6-12/h2-11,26H,1H3,(H2,21,23,27)(H,22,25,28)/b20-11+. The fraction of sp³-hybridized carbons (Fsp3) is 0.0526. The predicted octanol–water partition coefficient (Wildman–Crippen LogP) is 1.40. The largest absolute Gasteiger partial charge is 0.497 e. The number of amides is 2. The lowest BCUT2D eigenvalue weighted by molar-refractivity contribution is 0.252. The minimum atomic E-state index is -0.855. The van der Waals surface area contributed by atoms with E-state index in [2.05, 4.69) is 20.8 Å². The number of aromatic nitrogens is 2. The number of carbonyl (C=O) groups is 1. The van der Waals surface area contributed by atoms with Crippen molar-refractivity contribution in [1.82, 2.24) is 15.0 Å². The molecule has 3 rings (SSSR count). The van der Waals surface area contributed by atoms with E-state index in [1.165, 1.54) is 19.2 Å². The van der Waals surface area contributed by atoms with E-state index in [0.717, 1.165) is 10.8 Å². The average molecular weight is 395 g/mol. The molecule has 2 aromatic carbocycles. The zero-order chi connectivity index (χ0) is 20.8. The molecule has 0 atom stereocenters. The molecule has 148 valence electrons. The summed E-state index contributed by atoms with van der Waals surface area (Å²) in [5, 5.41) is 16.6. The van der Waals surface area contributed by atoms with Crippen LogP contribution in [-0.2, 0) is 0 Å². The molecular weight excluding hydrogens is 378 g/mol. The SMILES string of the molecule is COc1ccc(-n2c(O)c(/C=N/NC(=O)Nc3ccccc3)c(=O)[nH]c2=O)cc1. The molecule has 10 nitrogen and oxygen atoms in total. The van der Waals surface area contributed by atoms with Crippen LogP contribution in [0.15, 0.2) is 69.3 Å². The van der Waals surface area contributed by atoms with Crippen LogP contribution in [0.25, 0.3) is 5.69 Å². The lowest BCUT2D eigenvalue weighted by Gasteiger charge is -2.10. The molecule has 10 heteroatoms. The lowest BCUT2D eigenvalue weighted by Crippen LogP contribution is -2.32. The maximum atomic E-state index is 12.1. The summed E-state index contributed by atoms with van der Waals surface area (Å²) < 4.78 is 5.95. The van der Waals surface area contributed by atoms with Crippen molar-refractivity contribution in [3.8, 4) is 17.3 Å². The van der Waals surface area contributed by atoms with Gasteiger partial charge in [-0.05, 0) is 36.4 Å². The van der Waals surface area contributed by atoms with Crippen LogP contribution in [0, 0.1) is 0 Å². The summed E-state index contributed by atoms with van der Waals surface area (Å²) in [4.78, 5) is 38.1. The Morgan fingerprint density at radius 2 is 1.83 bits per heavy atom. The molecule has 0 aliphatic carbocycles. The number of nitrogens with one attached hydrogen (secondary N) is 3. The molecule has 0 radical (unpaired) electrons. The third-order valence-corrected chi connectivity index (χ3v) is 3.84. The highest BCUT2D eigenvalue weighted by Crippen LogP contribution is 2.18. The van der Waals surface area contributed by atoms with Gasteiger partial charge in [0.1, 0.15) is 11.3 Å². The predicted molar refractivity (Wildman–Crippen MR) is 107 cm³/mol. The normalized spacial score (nSPS) is 10.7. The molecule has 29 heavy (non-hydrogen) atoms. The van der Waals surface area contributed by atoms with Crippen LogP contribution in [0.5, 0.6) is 11.6 Å². The van der Waals surface area contributed by atoms with Crippen molar-refractivity contribution in [3.05, 3.63) is 81.0 Å². The first-order chi connectivity index (χ1) is 14.0. The van der Waals surface area contributed by atoms with Crippen LogP contribution >= 0.6 is 0 Å². The summed E-state index contributed by atoms with van der Waals surface area (Å²) in [7, 11) is 1.49. The number of rotatable bonds is 5. The number of anilines is 1. The monoisotopic (exact) mass is 395 g/mol. The number of H-pyrrole nitrogens is 1. The van der Waals surface area contributed by atoms with E-state index in [9.17, 15) is 19.5 Å². The van der Waals surface area contributed by atoms with Crippen molar-refractivity contribution in [2.75, 3.05) is 12.4 Å². The maximum Gasteiger partial charge on any atom is 0.339 e. The fourth-order valence-electron chi connectivity index (χ4n) is 2.46. The first-order valence-electron chi connectivity index (χ1n) is 8.37. The Kier molecular flexibility index (Phi) is 5.74. The number of methoxy groups -OCH3 is 1. The second-order valence-electron chi connectivity index (χ2n) is 5.72. The average Bonchev–Trinajstić information content (AvgIpc) is 2.71. The quantitative estimate of drug-likeness (QED) is 0.382. The van der Waals surface area contributed by atoms with Crippen molar-refractivity contribution in [3.63, 3.8) is 0 Å². The van der Waals surface area contributed by atoms with E-state index in [4.69, 9.17) is 4.74 Å². The second-order valence-corrected chi connectivity index (χ2v) is 5.72. The first kappa shape index (κ1) is 19.4. The Morgan fingerprint density at radius 1 is 1.14 bits per heavy atom. The highest BCUT2D eigenvalue weighted by Gasteiger charge is 2.14. The number of aromatic amines is 1. The van der Waals surface area contributed by atoms with E-state index in [1.54, 1.807) is 42.5 Å². The van der Waals surface area contributed by atoms with Crippen LogP contribution in [-0.4, -0.2) is 34.0 Å². The van der Waals surface area contributed by atoms with Gasteiger partial charge in [0.25, 0.3) is 5.56 Å². The van der Waals surface area contributed by atoms with Crippen molar-refractivity contribution in [2.24, 2.45) is 5.10 Å². The molecule has 0 spiro atoms. The number of carbonyl (C=O) groups excluding carboxylic acids is 1. The Balaban J connectivity index is 1.83. The van der Waals surface area contributed by atoms with E-state index in [0.29, 0.717) is 17.1 Å². The lowest BCUT2D eigenvalue weighted by atomic mass is 10.2. The minimum absolute atomic E-state index is 0.300. The van der Waals surface area contributed by atoms with E-state index in [-0.39, 0.29) is 5.56 Å². The van der Waals surface area contributed by atoms with Crippen LogP contribution in [0.1, 0.15) is 5.56 Å². The summed E-state index contributed by atoms with van der Waals surface area (Å²) in [6.45, 7) is 0. The molecule has 0 saturated heterocycles. The Bertz CT molecular complexity index is 1150. The number of ether oxygens (including phenoxy) is 1. The number of para-hydroxylation sites is 1. The van der Waals surface area contributed by atoms with Gasteiger partial charge >= 0.3 is 11.7 Å². The molecule has 3 aromatic rings. The van der Waals surface area contributed by atoms with Gasteiger partial charge in [-0.25, -0.2) is 19.6 Å². The van der Waals surface area contributed by atoms with Crippen LogP contribution < -0.4 is 26.7 Å². The molecule has 0 aliphatic heterocycles. The molecule has 0 bridgehead atoms. The van der Waals surface area contributed by atoms with Crippen LogP contribution in [0.2, 0.25) is 0 Å². The number of hydrogen-bond acceptors (Lipinski definition) is 6. The maximum absolute atomic E-state index is 12.1. The molecule has 0 saturated carbocycles. The third kappa shape index (κ3) is 4.50. The van der Waals surface area contributed by atoms with Gasteiger partial charge in [-0.2, -0.15) is 5.10 Å². The topological polar surface area (TPSA) is 138 Å². The van der Waals surface area contributed by atoms with Crippen molar-refractivity contribution >= 4 is 17.9 Å². The van der Waals surface area contributed by atoms with Gasteiger partial charge in [0.15, 0.2) is 0 Å². The van der Waals surface area contributed by atoms with E-state index >= 15 is 0 Å². The molecule has 4 N–H and O–H groups in total. The summed E-state index contributed by atoms with van der Waals surface area (Å²) in [6, 6.07) is 14.3. The van der Waals surface area contributed by atoms with Crippen LogP contribution in [0.4, 0.5) is 10.5 Å². The van der Waals surface area contributed by atoms with Crippen molar-refractivity contribution in [1.29, 1.82) is 0 Å². The molecule has 0 unspecified atom stereocenters. The first-order valence-corrected chi connectivity index (χ1v) is 8.37. The third-order valence-electron chi connectivity index (χ3n) is 3.84. The van der Waals surface area contributed by atoms with Gasteiger partial charge in [-0.1, -0.05) is 18.2 Å². The number of aromatic hydroxyl groups is 1. The molecule has 1 heterocycles. The minimum Gasteiger partial charge on any atom is -0.497 e. The molecule has 2 amide bonds. The van der Waals surface area contributed by atoms with Gasteiger partial charge in [-0.3, -0.25) is 9.78 Å². The number of hydrogen-bond donors (Lipinski definition) is 4. The van der Waals surface area contributed by atoms with E-state index < -0.39 is 23.2 Å². The second kappa shape index (κ2) is 8.57. The van der Waals surface area contributed by atoms with Crippen molar-refractivity contribution < 1.29 is 14.6 Å². The number of benzene rings is 2. The van der Waals surface area contributed by atoms with Gasteiger partial charge in [0.2, 0.25) is 5.88 Å². The number of nitrogens with zero attached hydrogens (tertiary/aromatic N) is 2. The van der Waals surface area contributed by atoms with Gasteiger partial charge in [0.05, 0.1) is 19.0 Å². The van der Waals surface area contributed by atoms with Gasteiger partial charge in [-0.15, -0.1) is 0 Å². The molecule has 0 aliphatic rings. The molecular formula is C19H17N5O5. The highest BCUT2D eigenvalue weighted by atomic mass is 16.5.